The average Bonchev–Trinajstić information content (AvgIpc) is 2.83. The summed E-state index contributed by atoms with van der Waals surface area (Å²) in [5.74, 6) is 0. The maximum absolute atomic E-state index is 12.2. The lowest BCUT2D eigenvalue weighted by molar-refractivity contribution is -0.0328. The van der Waals surface area contributed by atoms with Crippen LogP contribution in [-0.2, 0) is 0 Å². The van der Waals surface area contributed by atoms with Gasteiger partial charge in [0.05, 0.1) is 11.7 Å². The molecule has 19 heavy (non-hydrogen) atoms. The molecule has 2 aromatic rings. The van der Waals surface area contributed by atoms with Crippen molar-refractivity contribution in [3.63, 3.8) is 0 Å². The van der Waals surface area contributed by atoms with Crippen molar-refractivity contribution in [2.24, 2.45) is 0 Å². The SMILES string of the molecule is CC(Nc1ccc(SC(F)(F)F)cc1)c1ccn[nH]1. The molecular weight excluding hydrogens is 275 g/mol. The summed E-state index contributed by atoms with van der Waals surface area (Å²) in [6, 6.07) is 7.98. The van der Waals surface area contributed by atoms with E-state index in [-0.39, 0.29) is 22.7 Å². The van der Waals surface area contributed by atoms with E-state index < -0.39 is 5.51 Å². The number of nitrogens with zero attached hydrogens (tertiary/aromatic N) is 1. The molecule has 0 bridgehead atoms. The van der Waals surface area contributed by atoms with Gasteiger partial charge in [0.25, 0.3) is 0 Å². The molecular formula is C12H12F3N3S. The van der Waals surface area contributed by atoms with Crippen molar-refractivity contribution < 1.29 is 13.2 Å². The van der Waals surface area contributed by atoms with Gasteiger partial charge in [0, 0.05) is 16.8 Å². The molecule has 0 spiro atoms. The van der Waals surface area contributed by atoms with E-state index in [1.165, 1.54) is 12.1 Å². The monoisotopic (exact) mass is 287 g/mol. The van der Waals surface area contributed by atoms with Crippen LogP contribution in [0.5, 0.6) is 0 Å². The Labute approximate surface area is 112 Å². The van der Waals surface area contributed by atoms with E-state index in [9.17, 15) is 13.2 Å². The summed E-state index contributed by atoms with van der Waals surface area (Å²) in [6.45, 7) is 1.94. The summed E-state index contributed by atoms with van der Waals surface area (Å²) in [4.78, 5) is 0.173. The van der Waals surface area contributed by atoms with Crippen molar-refractivity contribution in [2.75, 3.05) is 5.32 Å². The molecule has 2 rings (SSSR count). The molecule has 0 aliphatic rings. The summed E-state index contributed by atoms with van der Waals surface area (Å²) < 4.78 is 36.5. The number of thioether (sulfide) groups is 1. The molecule has 2 N–H and O–H groups in total. The van der Waals surface area contributed by atoms with Crippen LogP contribution in [0.1, 0.15) is 18.7 Å². The first-order chi connectivity index (χ1) is 8.94. The maximum atomic E-state index is 12.2. The fraction of sp³-hybridized carbons (Fsp3) is 0.250. The molecule has 1 atom stereocenters. The standard InChI is InChI=1S/C12H12F3N3S/c1-8(11-6-7-16-18-11)17-9-2-4-10(5-3-9)19-12(13,14)15/h2-8,17H,1H3,(H,16,18). The number of anilines is 1. The van der Waals surface area contributed by atoms with Gasteiger partial charge in [0.1, 0.15) is 0 Å². The fourth-order valence-corrected chi connectivity index (χ4v) is 2.13. The van der Waals surface area contributed by atoms with Crippen LogP contribution in [0.4, 0.5) is 18.9 Å². The second-order valence-electron chi connectivity index (χ2n) is 3.95. The minimum absolute atomic E-state index is 0.00335. The van der Waals surface area contributed by atoms with Gasteiger partial charge >= 0.3 is 5.51 Å². The van der Waals surface area contributed by atoms with Crippen molar-refractivity contribution >= 4 is 17.4 Å². The summed E-state index contributed by atoms with van der Waals surface area (Å²) >= 11 is -0.118. The molecule has 0 fully saturated rings. The molecule has 1 aromatic heterocycles. The Morgan fingerprint density at radius 1 is 1.21 bits per heavy atom. The highest BCUT2D eigenvalue weighted by Crippen LogP contribution is 2.37. The van der Waals surface area contributed by atoms with Crippen molar-refractivity contribution in [1.82, 2.24) is 10.2 Å². The number of nitrogens with one attached hydrogen (secondary N) is 2. The third kappa shape index (κ3) is 4.20. The van der Waals surface area contributed by atoms with Gasteiger partial charge in [-0.1, -0.05) is 0 Å². The van der Waals surface area contributed by atoms with E-state index in [1.54, 1.807) is 18.3 Å². The van der Waals surface area contributed by atoms with Gasteiger partial charge in [-0.2, -0.15) is 18.3 Å². The van der Waals surface area contributed by atoms with Crippen LogP contribution in [0.3, 0.4) is 0 Å². The lowest BCUT2D eigenvalue weighted by Crippen LogP contribution is -2.07. The number of hydrogen-bond acceptors (Lipinski definition) is 3. The molecule has 0 aliphatic carbocycles. The number of halogens is 3. The van der Waals surface area contributed by atoms with Crippen LogP contribution in [0.2, 0.25) is 0 Å². The molecule has 3 nitrogen and oxygen atoms in total. The second kappa shape index (κ2) is 5.56. The molecule has 7 heteroatoms. The number of rotatable bonds is 4. The molecule has 0 aliphatic heterocycles. The number of alkyl halides is 3. The van der Waals surface area contributed by atoms with Crippen LogP contribution in [-0.4, -0.2) is 15.7 Å². The zero-order chi connectivity index (χ0) is 13.9. The van der Waals surface area contributed by atoms with Crippen LogP contribution >= 0.6 is 11.8 Å². The lowest BCUT2D eigenvalue weighted by atomic mass is 10.2. The van der Waals surface area contributed by atoms with E-state index in [1.807, 2.05) is 13.0 Å². The fourth-order valence-electron chi connectivity index (χ4n) is 1.59. The van der Waals surface area contributed by atoms with Gasteiger partial charge in [0.2, 0.25) is 0 Å². The minimum atomic E-state index is -4.25. The predicted molar refractivity (Wildman–Crippen MR) is 69.0 cm³/mol. The largest absolute Gasteiger partial charge is 0.446 e. The van der Waals surface area contributed by atoms with E-state index in [2.05, 4.69) is 15.5 Å². The van der Waals surface area contributed by atoms with Crippen LogP contribution in [0.25, 0.3) is 0 Å². The number of aromatic amines is 1. The van der Waals surface area contributed by atoms with Crippen molar-refractivity contribution in [2.45, 2.75) is 23.4 Å². The Bertz CT molecular complexity index is 508. The Balaban J connectivity index is 1.99. The van der Waals surface area contributed by atoms with Crippen LogP contribution in [0, 0.1) is 0 Å². The highest BCUT2D eigenvalue weighted by molar-refractivity contribution is 8.00. The van der Waals surface area contributed by atoms with Gasteiger partial charge in [-0.15, -0.1) is 0 Å². The van der Waals surface area contributed by atoms with Crippen LogP contribution in [0.15, 0.2) is 41.4 Å². The third-order valence-corrected chi connectivity index (χ3v) is 3.20. The highest BCUT2D eigenvalue weighted by atomic mass is 32.2. The van der Waals surface area contributed by atoms with Gasteiger partial charge in [-0.3, -0.25) is 5.10 Å². The van der Waals surface area contributed by atoms with Gasteiger partial charge < -0.3 is 5.32 Å². The molecule has 0 saturated heterocycles. The number of aromatic nitrogens is 2. The smallest absolute Gasteiger partial charge is 0.377 e. The van der Waals surface area contributed by atoms with Gasteiger partial charge in [-0.05, 0) is 49.0 Å². The zero-order valence-electron chi connectivity index (χ0n) is 10.0. The average molecular weight is 287 g/mol. The number of H-pyrrole nitrogens is 1. The van der Waals surface area contributed by atoms with Gasteiger partial charge in [-0.25, -0.2) is 0 Å². The normalized spacial score (nSPS) is 13.3. The molecule has 1 aromatic carbocycles. The molecule has 1 unspecified atom stereocenters. The topological polar surface area (TPSA) is 40.7 Å². The van der Waals surface area contributed by atoms with E-state index in [4.69, 9.17) is 0 Å². The second-order valence-corrected chi connectivity index (χ2v) is 5.09. The Hall–Kier alpha value is -1.63. The summed E-state index contributed by atoms with van der Waals surface area (Å²) in [6.07, 6.45) is 1.65. The van der Waals surface area contributed by atoms with E-state index in [0.29, 0.717) is 0 Å². The quantitative estimate of drug-likeness (QED) is 0.828. The summed E-state index contributed by atoms with van der Waals surface area (Å²) in [5.41, 5.74) is -2.58. The van der Waals surface area contributed by atoms with Crippen LogP contribution < -0.4 is 5.32 Å². The van der Waals surface area contributed by atoms with Crippen molar-refractivity contribution in [3.05, 3.63) is 42.2 Å². The Morgan fingerprint density at radius 3 is 2.42 bits per heavy atom. The van der Waals surface area contributed by atoms with Gasteiger partial charge in [0.15, 0.2) is 0 Å². The highest BCUT2D eigenvalue weighted by Gasteiger charge is 2.28. The molecule has 0 radical (unpaired) electrons. The van der Waals surface area contributed by atoms with Crippen molar-refractivity contribution in [3.8, 4) is 0 Å². The summed E-state index contributed by atoms with van der Waals surface area (Å²) in [7, 11) is 0. The minimum Gasteiger partial charge on any atom is -0.377 e. The lowest BCUT2D eigenvalue weighted by Gasteiger charge is -2.14. The Kier molecular flexibility index (Phi) is 4.04. The molecule has 102 valence electrons. The summed E-state index contributed by atoms with van der Waals surface area (Å²) in [5, 5.41) is 9.85. The third-order valence-electron chi connectivity index (χ3n) is 2.46. The Morgan fingerprint density at radius 2 is 1.89 bits per heavy atom. The predicted octanol–water partition coefficient (Wildman–Crippen LogP) is 4.19. The van der Waals surface area contributed by atoms with E-state index in [0.717, 1.165) is 11.4 Å². The maximum Gasteiger partial charge on any atom is 0.446 e. The molecule has 0 amide bonds. The zero-order valence-corrected chi connectivity index (χ0v) is 10.8. The van der Waals surface area contributed by atoms with Crippen molar-refractivity contribution in [1.29, 1.82) is 0 Å². The molecule has 1 heterocycles. The first kappa shape index (κ1) is 13.8. The first-order valence-corrected chi connectivity index (χ1v) is 6.37. The first-order valence-electron chi connectivity index (χ1n) is 5.56. The number of hydrogen-bond donors (Lipinski definition) is 2. The number of benzene rings is 1. The van der Waals surface area contributed by atoms with E-state index >= 15 is 0 Å². The molecule has 0 saturated carbocycles.